The Labute approximate surface area is 187 Å². The van der Waals surface area contributed by atoms with Gasteiger partial charge in [0.15, 0.2) is 17.1 Å². The molecule has 2 aromatic carbocycles. The van der Waals surface area contributed by atoms with E-state index in [1.807, 2.05) is 0 Å². The Morgan fingerprint density at radius 2 is 2.03 bits per heavy atom. The molecule has 1 unspecified atom stereocenters. The largest absolute Gasteiger partial charge is 0.483 e. The number of carbonyl (C=O) groups excluding carboxylic acids is 1. The van der Waals surface area contributed by atoms with E-state index in [9.17, 15) is 13.6 Å². The summed E-state index contributed by atoms with van der Waals surface area (Å²) in [6, 6.07) is 9.63. The van der Waals surface area contributed by atoms with Gasteiger partial charge in [-0.3, -0.25) is 9.36 Å². The number of aromatic nitrogens is 3. The van der Waals surface area contributed by atoms with Gasteiger partial charge in [-0.05, 0) is 49.4 Å². The van der Waals surface area contributed by atoms with Crippen LogP contribution in [-0.2, 0) is 11.3 Å². The number of hydrogen-bond acceptors (Lipinski definition) is 5. The average Bonchev–Trinajstić information content (AvgIpc) is 3.14. The minimum Gasteiger partial charge on any atom is -0.483 e. The lowest BCUT2D eigenvalue weighted by Crippen LogP contribution is -2.15. The Morgan fingerprint density at radius 3 is 2.71 bits per heavy atom. The summed E-state index contributed by atoms with van der Waals surface area (Å²) in [5, 5.41) is 11.4. The monoisotopic (exact) mass is 464 g/mol. The maximum atomic E-state index is 13.2. The Morgan fingerprint density at radius 1 is 1.29 bits per heavy atom. The van der Waals surface area contributed by atoms with Crippen molar-refractivity contribution in [1.29, 1.82) is 0 Å². The van der Waals surface area contributed by atoms with Crippen LogP contribution >= 0.6 is 23.4 Å². The van der Waals surface area contributed by atoms with Crippen molar-refractivity contribution in [2.45, 2.75) is 24.7 Å². The van der Waals surface area contributed by atoms with Gasteiger partial charge >= 0.3 is 0 Å². The SMILES string of the molecule is C=CCn1c(SCC(=O)Nc2ccc(F)c(Cl)c2)nnc1C(C)Oc1ccc(F)cc1. The topological polar surface area (TPSA) is 69.0 Å². The highest BCUT2D eigenvalue weighted by molar-refractivity contribution is 7.99. The Hall–Kier alpha value is -2.91. The van der Waals surface area contributed by atoms with Crippen molar-refractivity contribution in [3.63, 3.8) is 0 Å². The van der Waals surface area contributed by atoms with Crippen molar-refractivity contribution < 1.29 is 18.3 Å². The van der Waals surface area contributed by atoms with Crippen LogP contribution in [0.3, 0.4) is 0 Å². The maximum absolute atomic E-state index is 13.2. The zero-order valence-electron chi connectivity index (χ0n) is 16.5. The smallest absolute Gasteiger partial charge is 0.234 e. The molecule has 0 fully saturated rings. The summed E-state index contributed by atoms with van der Waals surface area (Å²) in [4.78, 5) is 12.3. The molecule has 3 aromatic rings. The predicted octanol–water partition coefficient (Wildman–Crippen LogP) is 5.27. The molecule has 1 heterocycles. The highest BCUT2D eigenvalue weighted by atomic mass is 35.5. The number of nitrogens with zero attached hydrogens (tertiary/aromatic N) is 3. The Balaban J connectivity index is 1.66. The predicted molar refractivity (Wildman–Crippen MR) is 116 cm³/mol. The maximum Gasteiger partial charge on any atom is 0.234 e. The lowest BCUT2D eigenvalue weighted by Gasteiger charge is -2.15. The summed E-state index contributed by atoms with van der Waals surface area (Å²) in [5.41, 5.74) is 0.395. The van der Waals surface area contributed by atoms with Crippen molar-refractivity contribution in [1.82, 2.24) is 14.8 Å². The van der Waals surface area contributed by atoms with Crippen molar-refractivity contribution in [3.05, 3.63) is 77.6 Å². The lowest BCUT2D eigenvalue weighted by atomic mass is 10.3. The zero-order chi connectivity index (χ0) is 22.4. The van der Waals surface area contributed by atoms with E-state index in [-0.39, 0.29) is 22.5 Å². The van der Waals surface area contributed by atoms with Crippen LogP contribution in [0.5, 0.6) is 5.75 Å². The molecule has 0 aliphatic rings. The molecule has 162 valence electrons. The molecule has 0 saturated heterocycles. The van der Waals surface area contributed by atoms with Gasteiger partial charge in [0, 0.05) is 12.2 Å². The third-order valence-corrected chi connectivity index (χ3v) is 5.34. The summed E-state index contributed by atoms with van der Waals surface area (Å²) in [7, 11) is 0. The first-order valence-corrected chi connectivity index (χ1v) is 10.6. The van der Waals surface area contributed by atoms with E-state index in [0.29, 0.717) is 29.0 Å². The fraction of sp³-hybridized carbons (Fsp3) is 0.190. The van der Waals surface area contributed by atoms with Crippen LogP contribution in [0, 0.1) is 11.6 Å². The number of anilines is 1. The molecule has 1 amide bonds. The van der Waals surface area contributed by atoms with Gasteiger partial charge in [-0.1, -0.05) is 29.4 Å². The molecule has 6 nitrogen and oxygen atoms in total. The van der Waals surface area contributed by atoms with E-state index in [2.05, 4.69) is 22.1 Å². The fourth-order valence-corrected chi connectivity index (χ4v) is 3.61. The molecule has 0 bridgehead atoms. The van der Waals surface area contributed by atoms with Crippen LogP contribution in [-0.4, -0.2) is 26.4 Å². The third-order valence-electron chi connectivity index (χ3n) is 4.08. The van der Waals surface area contributed by atoms with Crippen LogP contribution in [0.2, 0.25) is 5.02 Å². The van der Waals surface area contributed by atoms with Gasteiger partial charge in [-0.2, -0.15) is 0 Å². The molecule has 0 aliphatic carbocycles. The normalized spacial score (nSPS) is 11.7. The molecule has 10 heteroatoms. The molecule has 0 aliphatic heterocycles. The highest BCUT2D eigenvalue weighted by Crippen LogP contribution is 2.25. The van der Waals surface area contributed by atoms with Gasteiger partial charge in [0.25, 0.3) is 0 Å². The van der Waals surface area contributed by atoms with Crippen LogP contribution in [0.1, 0.15) is 18.9 Å². The summed E-state index contributed by atoms with van der Waals surface area (Å²) in [6.07, 6.45) is 1.21. The van der Waals surface area contributed by atoms with Gasteiger partial charge in [-0.15, -0.1) is 16.8 Å². The summed E-state index contributed by atoms with van der Waals surface area (Å²) < 4.78 is 33.9. The highest BCUT2D eigenvalue weighted by Gasteiger charge is 2.20. The second-order valence-electron chi connectivity index (χ2n) is 6.42. The number of rotatable bonds is 9. The Bertz CT molecular complexity index is 1080. The number of halogens is 3. The second kappa shape index (κ2) is 10.4. The third kappa shape index (κ3) is 6.05. The van der Waals surface area contributed by atoms with Gasteiger partial charge in [0.2, 0.25) is 5.91 Å². The molecular weight excluding hydrogens is 446 g/mol. The van der Waals surface area contributed by atoms with Crippen molar-refractivity contribution >= 4 is 35.0 Å². The fourth-order valence-electron chi connectivity index (χ4n) is 2.68. The van der Waals surface area contributed by atoms with Gasteiger partial charge < -0.3 is 10.1 Å². The summed E-state index contributed by atoms with van der Waals surface area (Å²) in [5.74, 6) is -0.132. The van der Waals surface area contributed by atoms with Gasteiger partial charge in [0.05, 0.1) is 10.8 Å². The minimum atomic E-state index is -0.559. The van der Waals surface area contributed by atoms with E-state index in [1.54, 1.807) is 17.6 Å². The standard InChI is InChI=1S/C21H19ClF2N4O2S/c1-3-10-28-20(13(2)30-16-7-4-14(23)5-8-16)26-27-21(28)31-12-19(29)25-15-6-9-18(24)17(22)11-15/h3-9,11,13H,1,10,12H2,2H3,(H,25,29). The number of hydrogen-bond donors (Lipinski definition) is 1. The van der Waals surface area contributed by atoms with Crippen molar-refractivity contribution in [2.24, 2.45) is 0 Å². The molecule has 3 rings (SSSR count). The van der Waals surface area contributed by atoms with Crippen LogP contribution in [0.25, 0.3) is 0 Å². The van der Waals surface area contributed by atoms with E-state index >= 15 is 0 Å². The first-order valence-electron chi connectivity index (χ1n) is 9.21. The lowest BCUT2D eigenvalue weighted by molar-refractivity contribution is -0.113. The number of amides is 1. The summed E-state index contributed by atoms with van der Waals surface area (Å²) >= 11 is 6.92. The average molecular weight is 465 g/mol. The number of ether oxygens (including phenoxy) is 1. The van der Waals surface area contributed by atoms with Crippen molar-refractivity contribution in [3.8, 4) is 5.75 Å². The van der Waals surface area contributed by atoms with E-state index in [1.165, 1.54) is 54.2 Å². The number of allylic oxidation sites excluding steroid dienone is 1. The number of carbonyl (C=O) groups is 1. The molecular formula is C21H19ClF2N4O2S. The Kier molecular flexibility index (Phi) is 7.64. The summed E-state index contributed by atoms with van der Waals surface area (Å²) in [6.45, 7) is 5.96. The molecule has 31 heavy (non-hydrogen) atoms. The quantitative estimate of drug-likeness (QED) is 0.345. The first-order chi connectivity index (χ1) is 14.9. The molecule has 0 radical (unpaired) electrons. The van der Waals surface area contributed by atoms with Crippen molar-refractivity contribution in [2.75, 3.05) is 11.1 Å². The molecule has 0 spiro atoms. The zero-order valence-corrected chi connectivity index (χ0v) is 18.1. The molecule has 0 saturated carbocycles. The molecule has 1 aromatic heterocycles. The minimum absolute atomic E-state index is 0.0530. The van der Waals surface area contributed by atoms with Gasteiger partial charge in [-0.25, -0.2) is 8.78 Å². The van der Waals surface area contributed by atoms with Crippen LogP contribution in [0.4, 0.5) is 14.5 Å². The van der Waals surface area contributed by atoms with E-state index < -0.39 is 11.9 Å². The van der Waals surface area contributed by atoms with Crippen LogP contribution in [0.15, 0.2) is 60.3 Å². The van der Waals surface area contributed by atoms with Crippen LogP contribution < -0.4 is 10.1 Å². The second-order valence-corrected chi connectivity index (χ2v) is 7.77. The first kappa shape index (κ1) is 22.8. The van der Waals surface area contributed by atoms with Gasteiger partial charge in [0.1, 0.15) is 17.4 Å². The molecule has 1 atom stereocenters. The van der Waals surface area contributed by atoms with E-state index in [0.717, 1.165) is 0 Å². The number of thioether (sulfide) groups is 1. The number of nitrogens with one attached hydrogen (secondary N) is 1. The number of benzene rings is 2. The molecule has 1 N–H and O–H groups in total. The van der Waals surface area contributed by atoms with E-state index in [4.69, 9.17) is 16.3 Å².